The molecule has 0 spiro atoms. The minimum atomic E-state index is 0.126. The smallest absolute Gasteiger partial charge is 0.220 e. The summed E-state index contributed by atoms with van der Waals surface area (Å²) in [6.07, 6.45) is 4.01. The second-order valence-electron chi connectivity index (χ2n) is 4.40. The number of anilines is 2. The number of amides is 1. The van der Waals surface area contributed by atoms with Gasteiger partial charge in [0.1, 0.15) is 18.0 Å². The van der Waals surface area contributed by atoms with Gasteiger partial charge >= 0.3 is 0 Å². The third-order valence-corrected chi connectivity index (χ3v) is 2.84. The van der Waals surface area contributed by atoms with Crippen molar-refractivity contribution in [3.63, 3.8) is 0 Å². The van der Waals surface area contributed by atoms with Crippen LogP contribution in [0.1, 0.15) is 26.2 Å². The molecule has 1 aromatic rings. The predicted molar refractivity (Wildman–Crippen MR) is 70.5 cm³/mol. The molecule has 18 heavy (non-hydrogen) atoms. The van der Waals surface area contributed by atoms with Crippen LogP contribution in [0.25, 0.3) is 0 Å². The highest BCUT2D eigenvalue weighted by Gasteiger charge is 2.17. The van der Waals surface area contributed by atoms with E-state index in [9.17, 15) is 4.79 Å². The fourth-order valence-electron chi connectivity index (χ4n) is 1.85. The van der Waals surface area contributed by atoms with Gasteiger partial charge in [0.25, 0.3) is 0 Å². The molecular weight excluding hydrogens is 230 g/mol. The number of carbonyl (C=O) groups is 1. The van der Waals surface area contributed by atoms with Crippen molar-refractivity contribution in [1.29, 1.82) is 0 Å². The van der Waals surface area contributed by atoms with Crippen molar-refractivity contribution in [3.05, 3.63) is 12.4 Å². The summed E-state index contributed by atoms with van der Waals surface area (Å²) in [6.45, 7) is 3.66. The van der Waals surface area contributed by atoms with E-state index in [2.05, 4.69) is 32.8 Å². The number of piperidine rings is 1. The molecule has 98 valence electrons. The zero-order valence-electron chi connectivity index (χ0n) is 10.6. The van der Waals surface area contributed by atoms with E-state index in [1.165, 1.54) is 0 Å². The Morgan fingerprint density at radius 3 is 3.00 bits per heavy atom. The summed E-state index contributed by atoms with van der Waals surface area (Å²) in [7, 11) is 0. The molecule has 6 nitrogen and oxygen atoms in total. The molecule has 1 aliphatic rings. The second-order valence-corrected chi connectivity index (χ2v) is 4.40. The van der Waals surface area contributed by atoms with Crippen LogP contribution in [0.3, 0.4) is 0 Å². The number of hydrogen-bond acceptors (Lipinski definition) is 5. The average molecular weight is 249 g/mol. The minimum Gasteiger partial charge on any atom is -0.370 e. The van der Waals surface area contributed by atoms with Crippen molar-refractivity contribution in [2.75, 3.05) is 23.7 Å². The van der Waals surface area contributed by atoms with E-state index < -0.39 is 0 Å². The fraction of sp³-hybridized carbons (Fsp3) is 0.583. The zero-order chi connectivity index (χ0) is 12.8. The Labute approximate surface area is 107 Å². The van der Waals surface area contributed by atoms with Crippen LogP contribution < -0.4 is 16.0 Å². The lowest BCUT2D eigenvalue weighted by Crippen LogP contribution is -2.42. The summed E-state index contributed by atoms with van der Waals surface area (Å²) in [4.78, 5) is 19.4. The van der Waals surface area contributed by atoms with Crippen molar-refractivity contribution >= 4 is 17.5 Å². The summed E-state index contributed by atoms with van der Waals surface area (Å²) < 4.78 is 0. The summed E-state index contributed by atoms with van der Waals surface area (Å²) in [5.41, 5.74) is 0. The maximum atomic E-state index is 11.1. The molecule has 3 N–H and O–H groups in total. The molecule has 1 unspecified atom stereocenters. The predicted octanol–water partition coefficient (Wildman–Crippen LogP) is 0.989. The van der Waals surface area contributed by atoms with Crippen LogP contribution in [0, 0.1) is 0 Å². The van der Waals surface area contributed by atoms with Gasteiger partial charge in [0.2, 0.25) is 5.91 Å². The highest BCUT2D eigenvalue weighted by Crippen LogP contribution is 2.13. The molecular formula is C12H19N5O. The van der Waals surface area contributed by atoms with Crippen molar-refractivity contribution in [2.45, 2.75) is 32.2 Å². The Balaban J connectivity index is 1.90. The Bertz CT molecular complexity index is 399. The van der Waals surface area contributed by atoms with Gasteiger partial charge in [-0.3, -0.25) is 4.79 Å². The van der Waals surface area contributed by atoms with E-state index in [0.29, 0.717) is 13.0 Å². The minimum absolute atomic E-state index is 0.126. The SMILES string of the molecule is CCCNc1cc(NC2CCC(=O)NC2)ncn1. The molecule has 0 bridgehead atoms. The number of carbonyl (C=O) groups excluding carboxylic acids is 1. The lowest BCUT2D eigenvalue weighted by atomic mass is 10.1. The zero-order valence-corrected chi connectivity index (χ0v) is 10.6. The summed E-state index contributed by atoms with van der Waals surface area (Å²) >= 11 is 0. The molecule has 1 aliphatic heterocycles. The summed E-state index contributed by atoms with van der Waals surface area (Å²) in [5.74, 6) is 1.75. The molecule has 1 fully saturated rings. The lowest BCUT2D eigenvalue weighted by Gasteiger charge is -2.23. The number of rotatable bonds is 5. The Morgan fingerprint density at radius 2 is 2.28 bits per heavy atom. The van der Waals surface area contributed by atoms with E-state index in [4.69, 9.17) is 0 Å². The largest absolute Gasteiger partial charge is 0.370 e. The Hall–Kier alpha value is -1.85. The maximum absolute atomic E-state index is 11.1. The van der Waals surface area contributed by atoms with E-state index in [0.717, 1.165) is 31.0 Å². The molecule has 1 aromatic heterocycles. The molecule has 0 saturated carbocycles. The quantitative estimate of drug-likeness (QED) is 0.725. The first-order chi connectivity index (χ1) is 8.78. The van der Waals surface area contributed by atoms with Crippen molar-refractivity contribution < 1.29 is 4.79 Å². The number of hydrogen-bond donors (Lipinski definition) is 3. The second kappa shape index (κ2) is 6.18. The molecule has 1 amide bonds. The first-order valence-corrected chi connectivity index (χ1v) is 6.37. The third-order valence-electron chi connectivity index (χ3n) is 2.84. The molecule has 0 radical (unpaired) electrons. The standard InChI is InChI=1S/C12H19N5O/c1-2-5-13-10-6-11(16-8-15-10)17-9-3-4-12(18)14-7-9/h6,8-9H,2-5,7H2,1H3,(H,14,18)(H2,13,15,16,17). The van der Waals surface area contributed by atoms with Crippen molar-refractivity contribution in [1.82, 2.24) is 15.3 Å². The van der Waals surface area contributed by atoms with Gasteiger partial charge in [0.15, 0.2) is 0 Å². The van der Waals surface area contributed by atoms with Crippen LogP contribution in [0.15, 0.2) is 12.4 Å². The highest BCUT2D eigenvalue weighted by atomic mass is 16.1. The van der Waals surface area contributed by atoms with Crippen LogP contribution in [0.5, 0.6) is 0 Å². The van der Waals surface area contributed by atoms with Crippen LogP contribution >= 0.6 is 0 Å². The fourth-order valence-corrected chi connectivity index (χ4v) is 1.85. The van der Waals surface area contributed by atoms with Gasteiger partial charge in [-0.2, -0.15) is 0 Å². The first kappa shape index (κ1) is 12.6. The summed E-state index contributed by atoms with van der Waals surface area (Å²) in [5, 5.41) is 9.37. The summed E-state index contributed by atoms with van der Waals surface area (Å²) in [6, 6.07) is 2.14. The lowest BCUT2D eigenvalue weighted by molar-refractivity contribution is -0.122. The van der Waals surface area contributed by atoms with Gasteiger partial charge in [-0.1, -0.05) is 6.92 Å². The molecule has 0 aromatic carbocycles. The molecule has 6 heteroatoms. The third kappa shape index (κ3) is 3.58. The van der Waals surface area contributed by atoms with Gasteiger partial charge < -0.3 is 16.0 Å². The van der Waals surface area contributed by atoms with Gasteiger partial charge in [0, 0.05) is 31.6 Å². The topological polar surface area (TPSA) is 78.9 Å². The monoisotopic (exact) mass is 249 g/mol. The van der Waals surface area contributed by atoms with E-state index >= 15 is 0 Å². The number of nitrogens with zero attached hydrogens (tertiary/aromatic N) is 2. The number of aromatic nitrogens is 2. The molecule has 2 rings (SSSR count). The molecule has 1 atom stereocenters. The first-order valence-electron chi connectivity index (χ1n) is 6.37. The van der Waals surface area contributed by atoms with Crippen LogP contribution in [0.2, 0.25) is 0 Å². The number of nitrogens with one attached hydrogen (secondary N) is 3. The molecule has 1 saturated heterocycles. The van der Waals surface area contributed by atoms with E-state index in [-0.39, 0.29) is 11.9 Å². The van der Waals surface area contributed by atoms with Crippen LogP contribution in [-0.4, -0.2) is 35.0 Å². The Morgan fingerprint density at radius 1 is 1.44 bits per heavy atom. The van der Waals surface area contributed by atoms with Gasteiger partial charge in [0.05, 0.1) is 0 Å². The highest BCUT2D eigenvalue weighted by molar-refractivity contribution is 5.77. The maximum Gasteiger partial charge on any atom is 0.220 e. The van der Waals surface area contributed by atoms with Gasteiger partial charge in [-0.15, -0.1) is 0 Å². The van der Waals surface area contributed by atoms with Crippen molar-refractivity contribution in [3.8, 4) is 0 Å². The van der Waals surface area contributed by atoms with Gasteiger partial charge in [-0.25, -0.2) is 9.97 Å². The van der Waals surface area contributed by atoms with Crippen LogP contribution in [-0.2, 0) is 4.79 Å². The van der Waals surface area contributed by atoms with Crippen LogP contribution in [0.4, 0.5) is 11.6 Å². The van der Waals surface area contributed by atoms with E-state index in [1.807, 2.05) is 6.07 Å². The van der Waals surface area contributed by atoms with Crippen molar-refractivity contribution in [2.24, 2.45) is 0 Å². The van der Waals surface area contributed by atoms with E-state index in [1.54, 1.807) is 6.33 Å². The average Bonchev–Trinajstić information content (AvgIpc) is 2.40. The molecule has 2 heterocycles. The Kier molecular flexibility index (Phi) is 4.33. The van der Waals surface area contributed by atoms with Gasteiger partial charge in [-0.05, 0) is 12.8 Å². The normalized spacial score (nSPS) is 19.2. The molecule has 0 aliphatic carbocycles.